The Morgan fingerprint density at radius 1 is 1.03 bits per heavy atom. The van der Waals surface area contributed by atoms with Gasteiger partial charge in [-0.15, -0.1) is 11.8 Å². The highest BCUT2D eigenvalue weighted by molar-refractivity contribution is 8.00. The Hall–Kier alpha value is -2.54. The minimum atomic E-state index is -0.347. The van der Waals surface area contributed by atoms with Crippen LogP contribution in [0.3, 0.4) is 0 Å². The van der Waals surface area contributed by atoms with Crippen LogP contribution in [0, 0.1) is 19.7 Å². The van der Waals surface area contributed by atoms with Gasteiger partial charge < -0.3 is 15.1 Å². The summed E-state index contributed by atoms with van der Waals surface area (Å²) in [5, 5.41) is 3.02. The molecule has 4 rings (SSSR count). The fraction of sp³-hybridized carbons (Fsp3) is 0.391. The van der Waals surface area contributed by atoms with Gasteiger partial charge >= 0.3 is 6.03 Å². The van der Waals surface area contributed by atoms with E-state index in [1.807, 2.05) is 35.8 Å². The van der Waals surface area contributed by atoms with Gasteiger partial charge in [-0.2, -0.15) is 0 Å². The lowest BCUT2D eigenvalue weighted by molar-refractivity contribution is 0.0585. The van der Waals surface area contributed by atoms with Crippen molar-refractivity contribution < 1.29 is 14.0 Å². The summed E-state index contributed by atoms with van der Waals surface area (Å²) in [6, 6.07) is 11.6. The summed E-state index contributed by atoms with van der Waals surface area (Å²) in [5.41, 5.74) is 3.54. The van der Waals surface area contributed by atoms with Crippen molar-refractivity contribution in [2.24, 2.45) is 0 Å². The van der Waals surface area contributed by atoms with Crippen LogP contribution in [0.25, 0.3) is 0 Å². The third-order valence-corrected chi connectivity index (χ3v) is 7.52. The van der Waals surface area contributed by atoms with Crippen molar-refractivity contribution in [2.45, 2.75) is 31.6 Å². The molecule has 0 aliphatic carbocycles. The quantitative estimate of drug-likeness (QED) is 0.759. The third kappa shape index (κ3) is 4.03. The van der Waals surface area contributed by atoms with Crippen LogP contribution >= 0.6 is 11.8 Å². The van der Waals surface area contributed by atoms with Crippen LogP contribution in [-0.2, 0) is 0 Å². The largest absolute Gasteiger partial charge is 0.324 e. The van der Waals surface area contributed by atoms with Gasteiger partial charge in [0.25, 0.3) is 5.91 Å². The van der Waals surface area contributed by atoms with E-state index < -0.39 is 0 Å². The molecule has 2 aromatic carbocycles. The van der Waals surface area contributed by atoms with E-state index in [2.05, 4.69) is 11.4 Å². The fourth-order valence-corrected chi connectivity index (χ4v) is 5.72. The smallest absolute Gasteiger partial charge is 0.321 e. The second-order valence-electron chi connectivity index (χ2n) is 7.99. The molecule has 3 amide bonds. The molecule has 0 atom stereocenters. The SMILES string of the molecule is Cc1ccc(NC(=O)N2CCC3(CC2)SCCN3C(=O)c2ccc(F)cc2)c(C)c1. The maximum atomic E-state index is 13.2. The molecule has 7 heteroatoms. The van der Waals surface area contributed by atoms with Crippen LogP contribution in [0.2, 0.25) is 0 Å². The Bertz CT molecular complexity index is 955. The predicted octanol–water partition coefficient (Wildman–Crippen LogP) is 4.66. The monoisotopic (exact) mass is 427 g/mol. The molecule has 2 aromatic rings. The van der Waals surface area contributed by atoms with Crippen LogP contribution in [0.15, 0.2) is 42.5 Å². The number of carbonyl (C=O) groups is 2. The predicted molar refractivity (Wildman–Crippen MR) is 118 cm³/mol. The number of piperidine rings is 1. The van der Waals surface area contributed by atoms with Crippen LogP contribution in [0.1, 0.15) is 34.3 Å². The van der Waals surface area contributed by atoms with Gasteiger partial charge in [-0.25, -0.2) is 9.18 Å². The molecule has 2 aliphatic rings. The van der Waals surface area contributed by atoms with E-state index in [1.54, 1.807) is 23.9 Å². The van der Waals surface area contributed by atoms with Crippen LogP contribution in [-0.4, -0.2) is 52.0 Å². The second-order valence-corrected chi connectivity index (χ2v) is 9.45. The zero-order valence-electron chi connectivity index (χ0n) is 17.3. The Kier molecular flexibility index (Phi) is 5.73. The summed E-state index contributed by atoms with van der Waals surface area (Å²) in [5.74, 6) is 0.468. The molecule has 0 unspecified atom stereocenters. The molecular formula is C23H26FN3O2S. The number of urea groups is 1. The molecule has 2 fully saturated rings. The zero-order chi connectivity index (χ0) is 21.3. The van der Waals surface area contributed by atoms with Gasteiger partial charge in [-0.3, -0.25) is 4.79 Å². The molecule has 1 N–H and O–H groups in total. The first-order valence-electron chi connectivity index (χ1n) is 10.2. The van der Waals surface area contributed by atoms with E-state index in [1.165, 1.54) is 12.1 Å². The Labute approximate surface area is 180 Å². The lowest BCUT2D eigenvalue weighted by Crippen LogP contribution is -2.54. The van der Waals surface area contributed by atoms with Crippen molar-refractivity contribution in [1.29, 1.82) is 0 Å². The van der Waals surface area contributed by atoms with E-state index in [9.17, 15) is 14.0 Å². The normalized spacial score (nSPS) is 18.0. The number of hydrogen-bond acceptors (Lipinski definition) is 3. The number of carbonyl (C=O) groups excluding carboxylic acids is 2. The average Bonchev–Trinajstić information content (AvgIpc) is 3.13. The van der Waals surface area contributed by atoms with Gasteiger partial charge in [0, 0.05) is 36.6 Å². The van der Waals surface area contributed by atoms with Gasteiger partial charge in [-0.05, 0) is 62.6 Å². The highest BCUT2D eigenvalue weighted by Gasteiger charge is 2.47. The molecule has 1 spiro atoms. The summed E-state index contributed by atoms with van der Waals surface area (Å²) in [6.45, 7) is 5.88. The van der Waals surface area contributed by atoms with Crippen LogP contribution in [0.4, 0.5) is 14.9 Å². The number of likely N-dealkylation sites (tertiary alicyclic amines) is 1. The Morgan fingerprint density at radius 3 is 2.40 bits per heavy atom. The van der Waals surface area contributed by atoms with Crippen molar-refractivity contribution >= 4 is 29.4 Å². The van der Waals surface area contributed by atoms with E-state index in [-0.39, 0.29) is 22.6 Å². The number of thioether (sulfide) groups is 1. The molecule has 0 bridgehead atoms. The molecule has 0 radical (unpaired) electrons. The molecule has 0 saturated carbocycles. The number of amides is 3. The van der Waals surface area contributed by atoms with E-state index in [0.717, 1.165) is 35.4 Å². The van der Waals surface area contributed by atoms with Crippen LogP contribution < -0.4 is 5.32 Å². The van der Waals surface area contributed by atoms with Gasteiger partial charge in [-0.1, -0.05) is 17.7 Å². The zero-order valence-corrected chi connectivity index (χ0v) is 18.1. The highest BCUT2D eigenvalue weighted by Crippen LogP contribution is 2.44. The molecule has 2 saturated heterocycles. The van der Waals surface area contributed by atoms with Gasteiger partial charge in [0.1, 0.15) is 5.82 Å². The number of benzene rings is 2. The van der Waals surface area contributed by atoms with Gasteiger partial charge in [0.15, 0.2) is 0 Å². The third-order valence-electron chi connectivity index (χ3n) is 5.97. The Balaban J connectivity index is 1.41. The lowest BCUT2D eigenvalue weighted by Gasteiger charge is -2.44. The first kappa shape index (κ1) is 20.7. The van der Waals surface area contributed by atoms with E-state index in [0.29, 0.717) is 25.2 Å². The van der Waals surface area contributed by atoms with Crippen molar-refractivity contribution in [3.63, 3.8) is 0 Å². The molecule has 5 nitrogen and oxygen atoms in total. The number of halogens is 1. The highest BCUT2D eigenvalue weighted by atomic mass is 32.2. The first-order chi connectivity index (χ1) is 14.4. The van der Waals surface area contributed by atoms with Crippen molar-refractivity contribution in [3.05, 3.63) is 65.0 Å². The number of nitrogens with zero attached hydrogens (tertiary/aromatic N) is 2. The molecule has 30 heavy (non-hydrogen) atoms. The summed E-state index contributed by atoms with van der Waals surface area (Å²) in [6.07, 6.45) is 1.45. The lowest BCUT2D eigenvalue weighted by atomic mass is 10.0. The number of rotatable bonds is 2. The number of aryl methyl sites for hydroxylation is 2. The maximum Gasteiger partial charge on any atom is 0.321 e. The van der Waals surface area contributed by atoms with Crippen molar-refractivity contribution in [3.8, 4) is 0 Å². The van der Waals surface area contributed by atoms with E-state index in [4.69, 9.17) is 0 Å². The standard InChI is InChI=1S/C23H26FN3O2S/c1-16-3-8-20(17(2)15-16)25-22(29)26-11-9-23(10-12-26)27(13-14-30-23)21(28)18-4-6-19(24)7-5-18/h3-8,15H,9-14H2,1-2H3,(H,25,29). The average molecular weight is 428 g/mol. The topological polar surface area (TPSA) is 52.7 Å². The maximum absolute atomic E-state index is 13.2. The van der Waals surface area contributed by atoms with E-state index >= 15 is 0 Å². The van der Waals surface area contributed by atoms with Gasteiger partial charge in [0.2, 0.25) is 0 Å². The number of anilines is 1. The van der Waals surface area contributed by atoms with Crippen LogP contribution in [0.5, 0.6) is 0 Å². The number of hydrogen-bond donors (Lipinski definition) is 1. The second kappa shape index (κ2) is 8.30. The van der Waals surface area contributed by atoms with Gasteiger partial charge in [0.05, 0.1) is 4.87 Å². The molecule has 158 valence electrons. The molecule has 2 aliphatic heterocycles. The van der Waals surface area contributed by atoms with Crippen molar-refractivity contribution in [1.82, 2.24) is 9.80 Å². The Morgan fingerprint density at radius 2 is 1.73 bits per heavy atom. The van der Waals surface area contributed by atoms with Crippen molar-refractivity contribution in [2.75, 3.05) is 30.7 Å². The summed E-state index contributed by atoms with van der Waals surface area (Å²) in [4.78, 5) is 29.3. The fourth-order valence-electron chi connectivity index (χ4n) is 4.27. The molecule has 2 heterocycles. The minimum Gasteiger partial charge on any atom is -0.324 e. The number of nitrogens with one attached hydrogen (secondary N) is 1. The minimum absolute atomic E-state index is 0.0619. The first-order valence-corrected chi connectivity index (χ1v) is 11.2. The summed E-state index contributed by atoms with van der Waals surface area (Å²) < 4.78 is 13.2. The molecule has 0 aromatic heterocycles. The molecular weight excluding hydrogens is 401 g/mol. The summed E-state index contributed by atoms with van der Waals surface area (Å²) >= 11 is 1.79. The summed E-state index contributed by atoms with van der Waals surface area (Å²) in [7, 11) is 0.